The quantitative estimate of drug-likeness (QED) is 0.868. The van der Waals surface area contributed by atoms with Gasteiger partial charge >= 0.3 is 0 Å². The van der Waals surface area contributed by atoms with Crippen molar-refractivity contribution in [3.63, 3.8) is 0 Å². The van der Waals surface area contributed by atoms with Crippen LogP contribution in [-0.2, 0) is 23.2 Å². The first-order chi connectivity index (χ1) is 9.51. The summed E-state index contributed by atoms with van der Waals surface area (Å²) in [6.07, 6.45) is 2.02. The standard InChI is InChI=1S/C13H13FN2O3S/c14-12-5-13(8-15-7-12)20(18,19)16-6-10-1-3-11(9-17)4-2-10/h1-5,7-8,16-17H,6,9H2. The Morgan fingerprint density at radius 2 is 1.80 bits per heavy atom. The van der Waals surface area contributed by atoms with Gasteiger partial charge < -0.3 is 5.11 Å². The summed E-state index contributed by atoms with van der Waals surface area (Å²) < 4.78 is 39.2. The monoisotopic (exact) mass is 296 g/mol. The van der Waals surface area contributed by atoms with Gasteiger partial charge in [0.15, 0.2) is 0 Å². The zero-order chi connectivity index (χ0) is 14.6. The van der Waals surface area contributed by atoms with Crippen LogP contribution in [0.2, 0.25) is 0 Å². The Hall–Kier alpha value is -1.83. The third kappa shape index (κ3) is 3.60. The maximum absolute atomic E-state index is 13.0. The van der Waals surface area contributed by atoms with Crippen molar-refractivity contribution in [1.82, 2.24) is 9.71 Å². The van der Waals surface area contributed by atoms with Gasteiger partial charge in [-0.05, 0) is 17.2 Å². The molecule has 7 heteroatoms. The van der Waals surface area contributed by atoms with Crippen LogP contribution in [0.25, 0.3) is 0 Å². The highest BCUT2D eigenvalue weighted by atomic mass is 32.2. The molecule has 0 radical (unpaired) electrons. The predicted molar refractivity (Wildman–Crippen MR) is 70.6 cm³/mol. The number of hydrogen-bond acceptors (Lipinski definition) is 4. The van der Waals surface area contributed by atoms with Gasteiger partial charge in [-0.25, -0.2) is 17.5 Å². The van der Waals surface area contributed by atoms with E-state index in [-0.39, 0.29) is 18.0 Å². The van der Waals surface area contributed by atoms with Crippen LogP contribution in [0.4, 0.5) is 4.39 Å². The van der Waals surface area contributed by atoms with E-state index >= 15 is 0 Å². The third-order valence-corrected chi connectivity index (χ3v) is 4.03. The largest absolute Gasteiger partial charge is 0.392 e. The van der Waals surface area contributed by atoms with Crippen LogP contribution in [0.3, 0.4) is 0 Å². The van der Waals surface area contributed by atoms with Gasteiger partial charge in [-0.2, -0.15) is 0 Å². The zero-order valence-corrected chi connectivity index (χ0v) is 11.3. The van der Waals surface area contributed by atoms with Crippen molar-refractivity contribution in [3.8, 4) is 0 Å². The smallest absolute Gasteiger partial charge is 0.242 e. The van der Waals surface area contributed by atoms with Crippen LogP contribution in [0, 0.1) is 5.82 Å². The first kappa shape index (κ1) is 14.6. The average Bonchev–Trinajstić information content (AvgIpc) is 2.46. The molecule has 0 aliphatic rings. The molecule has 5 nitrogen and oxygen atoms in total. The number of halogens is 1. The molecule has 0 aliphatic heterocycles. The van der Waals surface area contributed by atoms with Crippen LogP contribution in [0.15, 0.2) is 47.6 Å². The molecule has 0 amide bonds. The van der Waals surface area contributed by atoms with Crippen molar-refractivity contribution in [1.29, 1.82) is 0 Å². The second kappa shape index (κ2) is 6.08. The van der Waals surface area contributed by atoms with Crippen LogP contribution in [0.1, 0.15) is 11.1 Å². The van der Waals surface area contributed by atoms with E-state index in [9.17, 15) is 12.8 Å². The summed E-state index contributed by atoms with van der Waals surface area (Å²) >= 11 is 0. The van der Waals surface area contributed by atoms with Crippen molar-refractivity contribution in [2.75, 3.05) is 0 Å². The SMILES string of the molecule is O=S(=O)(NCc1ccc(CO)cc1)c1cncc(F)c1. The second-order valence-corrected chi connectivity index (χ2v) is 5.90. The third-order valence-electron chi connectivity index (χ3n) is 2.66. The molecule has 0 saturated carbocycles. The molecule has 0 saturated heterocycles. The summed E-state index contributed by atoms with van der Waals surface area (Å²) in [6.45, 7) is 0.00548. The average molecular weight is 296 g/mol. The Kier molecular flexibility index (Phi) is 4.43. The lowest BCUT2D eigenvalue weighted by atomic mass is 10.1. The van der Waals surface area contributed by atoms with E-state index in [4.69, 9.17) is 5.11 Å². The number of aromatic nitrogens is 1. The first-order valence-corrected chi connectivity index (χ1v) is 7.28. The van der Waals surface area contributed by atoms with E-state index < -0.39 is 15.8 Å². The lowest BCUT2D eigenvalue weighted by Crippen LogP contribution is -2.23. The highest BCUT2D eigenvalue weighted by Gasteiger charge is 2.14. The normalized spacial score (nSPS) is 11.5. The number of pyridine rings is 1. The summed E-state index contributed by atoms with van der Waals surface area (Å²) in [5, 5.41) is 8.91. The zero-order valence-electron chi connectivity index (χ0n) is 10.5. The minimum absolute atomic E-state index is 0.0685. The maximum atomic E-state index is 13.0. The topological polar surface area (TPSA) is 79.3 Å². The van der Waals surface area contributed by atoms with Crippen molar-refractivity contribution < 1.29 is 17.9 Å². The van der Waals surface area contributed by atoms with Crippen molar-refractivity contribution >= 4 is 10.0 Å². The Morgan fingerprint density at radius 1 is 1.15 bits per heavy atom. The van der Waals surface area contributed by atoms with Gasteiger partial charge in [0.1, 0.15) is 10.7 Å². The number of nitrogens with one attached hydrogen (secondary N) is 1. The lowest BCUT2D eigenvalue weighted by molar-refractivity contribution is 0.282. The summed E-state index contributed by atoms with van der Waals surface area (Å²) in [7, 11) is -3.80. The van der Waals surface area contributed by atoms with Gasteiger partial charge in [0, 0.05) is 12.7 Å². The number of nitrogens with zero attached hydrogens (tertiary/aromatic N) is 1. The molecule has 106 valence electrons. The Bertz CT molecular complexity index is 687. The van der Waals surface area contributed by atoms with E-state index in [2.05, 4.69) is 9.71 Å². The molecule has 0 atom stereocenters. The fraction of sp³-hybridized carbons (Fsp3) is 0.154. The number of sulfonamides is 1. The van der Waals surface area contributed by atoms with Crippen molar-refractivity contribution in [2.24, 2.45) is 0 Å². The molecule has 0 unspecified atom stereocenters. The summed E-state index contributed by atoms with van der Waals surface area (Å²) in [5.41, 5.74) is 1.47. The predicted octanol–water partition coefficient (Wildman–Crippen LogP) is 1.19. The van der Waals surface area contributed by atoms with E-state index in [1.165, 1.54) is 0 Å². The molecule has 1 heterocycles. The maximum Gasteiger partial charge on any atom is 0.242 e. The van der Waals surface area contributed by atoms with Gasteiger partial charge in [-0.1, -0.05) is 24.3 Å². The van der Waals surface area contributed by atoms with E-state index in [0.29, 0.717) is 0 Å². The molecule has 1 aromatic heterocycles. The molecule has 0 fully saturated rings. The van der Waals surface area contributed by atoms with E-state index in [1.54, 1.807) is 24.3 Å². The molecule has 2 aromatic rings. The molecule has 2 rings (SSSR count). The van der Waals surface area contributed by atoms with Crippen LogP contribution in [0.5, 0.6) is 0 Å². The second-order valence-electron chi connectivity index (χ2n) is 4.14. The number of hydrogen-bond donors (Lipinski definition) is 2. The van der Waals surface area contributed by atoms with Crippen LogP contribution >= 0.6 is 0 Å². The van der Waals surface area contributed by atoms with Gasteiger partial charge in [0.25, 0.3) is 0 Å². The summed E-state index contributed by atoms with van der Waals surface area (Å²) in [4.78, 5) is 3.29. The fourth-order valence-corrected chi connectivity index (χ4v) is 2.55. The molecular formula is C13H13FN2O3S. The summed E-state index contributed by atoms with van der Waals surface area (Å²) in [6, 6.07) is 7.72. The minimum atomic E-state index is -3.80. The van der Waals surface area contributed by atoms with Crippen molar-refractivity contribution in [3.05, 3.63) is 59.7 Å². The highest BCUT2D eigenvalue weighted by molar-refractivity contribution is 7.89. The number of rotatable bonds is 5. The molecule has 1 aromatic carbocycles. The van der Waals surface area contributed by atoms with E-state index in [1.807, 2.05) is 0 Å². The highest BCUT2D eigenvalue weighted by Crippen LogP contribution is 2.10. The number of aliphatic hydroxyl groups is 1. The first-order valence-electron chi connectivity index (χ1n) is 5.80. The van der Waals surface area contributed by atoms with E-state index in [0.717, 1.165) is 29.6 Å². The fourth-order valence-electron chi connectivity index (χ4n) is 1.56. The van der Waals surface area contributed by atoms with Gasteiger partial charge in [-0.3, -0.25) is 4.98 Å². The Balaban J connectivity index is 2.09. The molecule has 0 aliphatic carbocycles. The molecule has 20 heavy (non-hydrogen) atoms. The van der Waals surface area contributed by atoms with Crippen LogP contribution in [-0.4, -0.2) is 18.5 Å². The molecule has 0 bridgehead atoms. The van der Waals surface area contributed by atoms with Gasteiger partial charge in [0.2, 0.25) is 10.0 Å². The van der Waals surface area contributed by atoms with Gasteiger partial charge in [0.05, 0.1) is 12.8 Å². The van der Waals surface area contributed by atoms with Crippen molar-refractivity contribution in [2.45, 2.75) is 18.0 Å². The van der Waals surface area contributed by atoms with Gasteiger partial charge in [-0.15, -0.1) is 0 Å². The molecular weight excluding hydrogens is 283 g/mol. The Morgan fingerprint density at radius 3 is 2.40 bits per heavy atom. The molecule has 2 N–H and O–H groups in total. The number of benzene rings is 1. The van der Waals surface area contributed by atoms with Crippen LogP contribution < -0.4 is 4.72 Å². The minimum Gasteiger partial charge on any atom is -0.392 e. The lowest BCUT2D eigenvalue weighted by Gasteiger charge is -2.07. The molecule has 0 spiro atoms. The Labute approximate surface area is 116 Å². The number of aliphatic hydroxyl groups excluding tert-OH is 1. The summed E-state index contributed by atoms with van der Waals surface area (Å²) in [5.74, 6) is -0.708.